The number of alkyl carbamates (subject to hydrolysis) is 1. The number of ether oxygens (including phenoxy) is 1. The summed E-state index contributed by atoms with van der Waals surface area (Å²) in [7, 11) is 1.54. The van der Waals surface area contributed by atoms with E-state index in [0.717, 1.165) is 5.56 Å². The van der Waals surface area contributed by atoms with Crippen molar-refractivity contribution in [3.05, 3.63) is 35.9 Å². The molecule has 1 aromatic rings. The minimum absolute atomic E-state index is 0.207. The molecule has 0 saturated carbocycles. The Kier molecular flexibility index (Phi) is 3.31. The average Bonchev–Trinajstić information content (AvgIpc) is 2.19. The maximum atomic E-state index is 10.9. The number of amides is 1. The number of hydrogen-bond acceptors (Lipinski definition) is 2. The molecule has 1 rings (SSSR count). The van der Waals surface area contributed by atoms with Crippen LogP contribution in [0.4, 0.5) is 4.79 Å². The first kappa shape index (κ1) is 9.58. The highest BCUT2D eigenvalue weighted by Gasteiger charge is 2.08. The van der Waals surface area contributed by atoms with Crippen LogP contribution in [-0.4, -0.2) is 13.1 Å². The second-order valence-electron chi connectivity index (χ2n) is 2.71. The molecule has 3 nitrogen and oxygen atoms in total. The minimum atomic E-state index is -0.406. The molecule has 0 heterocycles. The molecule has 1 amide bonds. The summed E-state index contributed by atoms with van der Waals surface area (Å²) in [6.07, 6.45) is -0.613. The largest absolute Gasteiger partial charge is 0.442 e. The fourth-order valence-corrected chi connectivity index (χ4v) is 1.01. The van der Waals surface area contributed by atoms with Crippen molar-refractivity contribution in [3.63, 3.8) is 0 Å². The molecule has 70 valence electrons. The first-order valence-electron chi connectivity index (χ1n) is 4.17. The average molecular weight is 179 g/mol. The SMILES string of the molecule is CNC(=O)OC(C)c1ccccc1. The van der Waals surface area contributed by atoms with Gasteiger partial charge in [0.1, 0.15) is 6.10 Å². The second-order valence-corrected chi connectivity index (χ2v) is 2.71. The zero-order valence-electron chi connectivity index (χ0n) is 7.78. The molecule has 0 radical (unpaired) electrons. The number of carbonyl (C=O) groups is 1. The molecule has 1 aromatic carbocycles. The van der Waals surface area contributed by atoms with Crippen molar-refractivity contribution < 1.29 is 9.53 Å². The summed E-state index contributed by atoms with van der Waals surface area (Å²) in [5.74, 6) is 0. The first-order chi connectivity index (χ1) is 6.24. The van der Waals surface area contributed by atoms with Crippen molar-refractivity contribution in [2.75, 3.05) is 7.05 Å². The summed E-state index contributed by atoms with van der Waals surface area (Å²) < 4.78 is 5.04. The molecule has 13 heavy (non-hydrogen) atoms. The molecule has 0 saturated heterocycles. The third-order valence-electron chi connectivity index (χ3n) is 1.76. The van der Waals surface area contributed by atoms with Crippen LogP contribution in [0.2, 0.25) is 0 Å². The van der Waals surface area contributed by atoms with Gasteiger partial charge in [-0.2, -0.15) is 0 Å². The van der Waals surface area contributed by atoms with Gasteiger partial charge in [-0.3, -0.25) is 0 Å². The Morgan fingerprint density at radius 3 is 2.54 bits per heavy atom. The highest BCUT2D eigenvalue weighted by Crippen LogP contribution is 2.15. The molecular formula is C10H13NO2. The lowest BCUT2D eigenvalue weighted by atomic mass is 10.1. The maximum absolute atomic E-state index is 10.9. The van der Waals surface area contributed by atoms with E-state index in [0.29, 0.717) is 0 Å². The molecule has 1 N–H and O–H groups in total. The summed E-state index contributed by atoms with van der Waals surface area (Å²) in [6, 6.07) is 9.61. The molecule has 0 aliphatic heterocycles. The molecule has 1 atom stereocenters. The third kappa shape index (κ3) is 2.78. The molecule has 0 fully saturated rings. The van der Waals surface area contributed by atoms with Crippen LogP contribution in [0.25, 0.3) is 0 Å². The minimum Gasteiger partial charge on any atom is -0.442 e. The van der Waals surface area contributed by atoms with E-state index in [1.54, 1.807) is 7.05 Å². The lowest BCUT2D eigenvalue weighted by Gasteiger charge is -2.12. The zero-order chi connectivity index (χ0) is 9.68. The van der Waals surface area contributed by atoms with Crippen LogP contribution in [0.3, 0.4) is 0 Å². The van der Waals surface area contributed by atoms with Crippen molar-refractivity contribution >= 4 is 6.09 Å². The van der Waals surface area contributed by atoms with E-state index < -0.39 is 6.09 Å². The predicted molar refractivity (Wildman–Crippen MR) is 50.4 cm³/mol. The van der Waals surface area contributed by atoms with Crippen molar-refractivity contribution in [2.24, 2.45) is 0 Å². The third-order valence-corrected chi connectivity index (χ3v) is 1.76. The molecule has 0 aromatic heterocycles. The standard InChI is InChI=1S/C10H13NO2/c1-8(13-10(12)11-2)9-6-4-3-5-7-9/h3-8H,1-2H3,(H,11,12). The fraction of sp³-hybridized carbons (Fsp3) is 0.300. The van der Waals surface area contributed by atoms with E-state index in [9.17, 15) is 4.79 Å². The quantitative estimate of drug-likeness (QED) is 0.755. The number of rotatable bonds is 2. The maximum Gasteiger partial charge on any atom is 0.407 e. The van der Waals surface area contributed by atoms with E-state index in [1.165, 1.54) is 0 Å². The van der Waals surface area contributed by atoms with Gasteiger partial charge in [-0.05, 0) is 12.5 Å². The van der Waals surface area contributed by atoms with Gasteiger partial charge in [0.05, 0.1) is 0 Å². The summed E-state index contributed by atoms with van der Waals surface area (Å²) in [5, 5.41) is 2.40. The summed E-state index contributed by atoms with van der Waals surface area (Å²) in [5.41, 5.74) is 0.992. The molecule has 0 spiro atoms. The lowest BCUT2D eigenvalue weighted by Crippen LogP contribution is -2.20. The van der Waals surface area contributed by atoms with E-state index in [4.69, 9.17) is 4.74 Å². The predicted octanol–water partition coefficient (Wildman–Crippen LogP) is 2.10. The normalized spacial score (nSPS) is 11.8. The molecule has 0 aliphatic rings. The number of nitrogens with one attached hydrogen (secondary N) is 1. The van der Waals surface area contributed by atoms with Crippen LogP contribution >= 0.6 is 0 Å². The highest BCUT2D eigenvalue weighted by molar-refractivity contribution is 5.67. The Labute approximate surface area is 77.7 Å². The summed E-state index contributed by atoms with van der Waals surface area (Å²) in [6.45, 7) is 1.84. The van der Waals surface area contributed by atoms with E-state index in [2.05, 4.69) is 5.32 Å². The number of carbonyl (C=O) groups excluding carboxylic acids is 1. The Balaban J connectivity index is 2.59. The van der Waals surface area contributed by atoms with Gasteiger partial charge in [0, 0.05) is 7.05 Å². The van der Waals surface area contributed by atoms with Crippen molar-refractivity contribution in [1.82, 2.24) is 5.32 Å². The smallest absolute Gasteiger partial charge is 0.407 e. The van der Waals surface area contributed by atoms with Crippen LogP contribution in [-0.2, 0) is 4.74 Å². The highest BCUT2D eigenvalue weighted by atomic mass is 16.6. The Bertz CT molecular complexity index is 272. The van der Waals surface area contributed by atoms with Gasteiger partial charge < -0.3 is 10.1 Å². The van der Waals surface area contributed by atoms with Gasteiger partial charge in [0.2, 0.25) is 0 Å². The Morgan fingerprint density at radius 2 is 2.00 bits per heavy atom. The zero-order valence-corrected chi connectivity index (χ0v) is 7.78. The van der Waals surface area contributed by atoms with Crippen molar-refractivity contribution in [1.29, 1.82) is 0 Å². The fourth-order valence-electron chi connectivity index (χ4n) is 1.01. The number of hydrogen-bond donors (Lipinski definition) is 1. The monoisotopic (exact) mass is 179 g/mol. The van der Waals surface area contributed by atoms with Gasteiger partial charge in [-0.25, -0.2) is 4.79 Å². The number of benzene rings is 1. The van der Waals surface area contributed by atoms with E-state index in [-0.39, 0.29) is 6.10 Å². The Hall–Kier alpha value is -1.51. The van der Waals surface area contributed by atoms with Gasteiger partial charge in [-0.1, -0.05) is 30.3 Å². The Morgan fingerprint density at radius 1 is 1.38 bits per heavy atom. The molecule has 0 bridgehead atoms. The first-order valence-corrected chi connectivity index (χ1v) is 4.17. The van der Waals surface area contributed by atoms with Crippen LogP contribution in [0.1, 0.15) is 18.6 Å². The molecule has 0 aliphatic carbocycles. The molecule has 1 unspecified atom stereocenters. The van der Waals surface area contributed by atoms with Crippen LogP contribution in [0.5, 0.6) is 0 Å². The van der Waals surface area contributed by atoms with Gasteiger partial charge in [0.25, 0.3) is 0 Å². The topological polar surface area (TPSA) is 38.3 Å². The molecule has 3 heteroatoms. The van der Waals surface area contributed by atoms with Gasteiger partial charge >= 0.3 is 6.09 Å². The second kappa shape index (κ2) is 4.50. The lowest BCUT2D eigenvalue weighted by molar-refractivity contribution is 0.109. The van der Waals surface area contributed by atoms with Gasteiger partial charge in [0.15, 0.2) is 0 Å². The summed E-state index contributed by atoms with van der Waals surface area (Å²) >= 11 is 0. The van der Waals surface area contributed by atoms with Gasteiger partial charge in [-0.15, -0.1) is 0 Å². The van der Waals surface area contributed by atoms with Crippen LogP contribution in [0, 0.1) is 0 Å². The van der Waals surface area contributed by atoms with Crippen LogP contribution < -0.4 is 5.32 Å². The van der Waals surface area contributed by atoms with E-state index in [1.807, 2.05) is 37.3 Å². The van der Waals surface area contributed by atoms with Crippen LogP contribution in [0.15, 0.2) is 30.3 Å². The summed E-state index contributed by atoms with van der Waals surface area (Å²) in [4.78, 5) is 10.9. The molecular weight excluding hydrogens is 166 g/mol. The van der Waals surface area contributed by atoms with Crippen molar-refractivity contribution in [3.8, 4) is 0 Å². The van der Waals surface area contributed by atoms with Crippen molar-refractivity contribution in [2.45, 2.75) is 13.0 Å². The van der Waals surface area contributed by atoms with E-state index >= 15 is 0 Å².